The molecule has 0 saturated heterocycles. The number of esters is 1. The number of fused-ring (bicyclic) bond motifs is 1. The first-order chi connectivity index (χ1) is 14.8. The van der Waals surface area contributed by atoms with Crippen molar-refractivity contribution in [1.29, 1.82) is 0 Å². The van der Waals surface area contributed by atoms with Crippen molar-refractivity contribution in [3.63, 3.8) is 0 Å². The molecule has 2 aromatic carbocycles. The van der Waals surface area contributed by atoms with E-state index in [2.05, 4.69) is 15.1 Å². The maximum atomic E-state index is 12.8. The van der Waals surface area contributed by atoms with Gasteiger partial charge in [-0.15, -0.1) is 0 Å². The van der Waals surface area contributed by atoms with Gasteiger partial charge >= 0.3 is 5.97 Å². The lowest BCUT2D eigenvalue weighted by molar-refractivity contribution is 0.0319. The minimum absolute atomic E-state index is 0.198. The highest BCUT2D eigenvalue weighted by Gasteiger charge is 2.25. The number of aryl methyl sites for hydroxylation is 2. The summed E-state index contributed by atoms with van der Waals surface area (Å²) in [5, 5.41) is 5.07. The van der Waals surface area contributed by atoms with E-state index in [0.717, 1.165) is 11.1 Å². The molecule has 4 rings (SSSR count). The summed E-state index contributed by atoms with van der Waals surface area (Å²) in [5.74, 6) is -0.362. The first kappa shape index (κ1) is 20.8. The molecule has 8 heteroatoms. The number of aromatic nitrogens is 4. The van der Waals surface area contributed by atoms with Gasteiger partial charge in [0.15, 0.2) is 11.9 Å². The first-order valence-corrected chi connectivity index (χ1v) is 10.2. The summed E-state index contributed by atoms with van der Waals surface area (Å²) in [7, 11) is 0. The minimum atomic E-state index is -0.777. The lowest BCUT2D eigenvalue weighted by Crippen LogP contribution is -2.17. The third-order valence-corrected chi connectivity index (χ3v) is 5.41. The Morgan fingerprint density at radius 1 is 1.16 bits per heavy atom. The van der Waals surface area contributed by atoms with Crippen LogP contribution in [0, 0.1) is 13.8 Å². The van der Waals surface area contributed by atoms with E-state index < -0.39 is 12.1 Å². The van der Waals surface area contributed by atoms with Gasteiger partial charge in [-0.25, -0.2) is 14.5 Å². The molecule has 2 heterocycles. The number of hydrogen-bond acceptors (Lipinski definition) is 5. The summed E-state index contributed by atoms with van der Waals surface area (Å²) >= 11 is 6.46. The quantitative estimate of drug-likeness (QED) is 0.469. The van der Waals surface area contributed by atoms with Gasteiger partial charge in [-0.05, 0) is 38.5 Å². The summed E-state index contributed by atoms with van der Waals surface area (Å²) in [4.78, 5) is 32.2. The van der Waals surface area contributed by atoms with Gasteiger partial charge in [-0.3, -0.25) is 4.79 Å². The Bertz CT molecular complexity index is 1330. The molecular weight excluding hydrogens is 416 g/mol. The molecule has 7 nitrogen and oxygen atoms in total. The molecule has 1 N–H and O–H groups in total. The molecular formula is C23H21ClN4O3. The Hall–Kier alpha value is -3.45. The molecule has 0 fully saturated rings. The van der Waals surface area contributed by atoms with Crippen LogP contribution in [0.15, 0.2) is 53.3 Å². The van der Waals surface area contributed by atoms with E-state index in [0.29, 0.717) is 23.1 Å². The predicted molar refractivity (Wildman–Crippen MR) is 118 cm³/mol. The number of para-hydroxylation sites is 1. The van der Waals surface area contributed by atoms with E-state index in [9.17, 15) is 9.59 Å². The summed E-state index contributed by atoms with van der Waals surface area (Å²) in [6.45, 7) is 5.80. The van der Waals surface area contributed by atoms with Crippen molar-refractivity contribution in [2.45, 2.75) is 33.4 Å². The molecule has 0 bridgehead atoms. The first-order valence-electron chi connectivity index (χ1n) is 9.82. The van der Waals surface area contributed by atoms with Crippen LogP contribution in [0.5, 0.6) is 0 Å². The van der Waals surface area contributed by atoms with Crippen LogP contribution in [0.3, 0.4) is 0 Å². The number of H-pyrrole nitrogens is 1. The fraction of sp³-hybridized carbons (Fsp3) is 0.217. The van der Waals surface area contributed by atoms with Crippen LogP contribution in [0.4, 0.5) is 0 Å². The van der Waals surface area contributed by atoms with Crippen LogP contribution in [-0.4, -0.2) is 25.7 Å². The van der Waals surface area contributed by atoms with Crippen molar-refractivity contribution < 1.29 is 9.53 Å². The number of nitrogens with zero attached hydrogens (tertiary/aromatic N) is 3. The number of ether oxygens (including phenoxy) is 1. The molecule has 1 unspecified atom stereocenters. The van der Waals surface area contributed by atoms with E-state index in [-0.39, 0.29) is 22.1 Å². The molecule has 158 valence electrons. The standard InChI is InChI=1S/C23H21ClN4O3/c1-13-8-10-16(11-9-13)12-28-20(24)19(14(2)27-28)23(30)31-15(3)21-25-18-7-5-4-6-17(18)22(29)26-21/h4-11,15H,12H2,1-3H3,(H,25,26,29). The Morgan fingerprint density at radius 3 is 2.61 bits per heavy atom. The molecule has 0 radical (unpaired) electrons. The number of carbonyl (C=O) groups excluding carboxylic acids is 1. The maximum absolute atomic E-state index is 12.8. The van der Waals surface area contributed by atoms with E-state index in [4.69, 9.17) is 16.3 Å². The van der Waals surface area contributed by atoms with Gasteiger partial charge in [-0.2, -0.15) is 5.10 Å². The number of halogens is 1. The zero-order chi connectivity index (χ0) is 22.1. The number of benzene rings is 2. The van der Waals surface area contributed by atoms with Crippen molar-refractivity contribution >= 4 is 28.5 Å². The fourth-order valence-electron chi connectivity index (χ4n) is 3.33. The van der Waals surface area contributed by atoms with E-state index in [1.54, 1.807) is 42.8 Å². The van der Waals surface area contributed by atoms with E-state index >= 15 is 0 Å². The third-order valence-electron chi connectivity index (χ3n) is 5.02. The number of carbonyl (C=O) groups is 1. The fourth-order valence-corrected chi connectivity index (χ4v) is 3.64. The Morgan fingerprint density at radius 2 is 1.87 bits per heavy atom. The summed E-state index contributed by atoms with van der Waals surface area (Å²) < 4.78 is 7.13. The van der Waals surface area contributed by atoms with E-state index in [1.807, 2.05) is 31.2 Å². The third kappa shape index (κ3) is 4.22. The van der Waals surface area contributed by atoms with Crippen LogP contribution in [0.25, 0.3) is 10.9 Å². The number of rotatable bonds is 5. The van der Waals surface area contributed by atoms with Gasteiger partial charge in [0.2, 0.25) is 0 Å². The Labute approximate surface area is 183 Å². The maximum Gasteiger partial charge on any atom is 0.343 e. The molecule has 0 amide bonds. The zero-order valence-corrected chi connectivity index (χ0v) is 18.1. The van der Waals surface area contributed by atoms with Crippen molar-refractivity contribution in [1.82, 2.24) is 19.7 Å². The van der Waals surface area contributed by atoms with Gasteiger partial charge in [0, 0.05) is 0 Å². The highest BCUT2D eigenvalue weighted by molar-refractivity contribution is 6.32. The van der Waals surface area contributed by atoms with Crippen LogP contribution in [0.1, 0.15) is 46.0 Å². The van der Waals surface area contributed by atoms with E-state index in [1.165, 1.54) is 0 Å². The lowest BCUT2D eigenvalue weighted by atomic mass is 10.1. The predicted octanol–water partition coefficient (Wildman–Crippen LogP) is 4.36. The Kier molecular flexibility index (Phi) is 5.61. The molecule has 0 aliphatic rings. The van der Waals surface area contributed by atoms with Crippen molar-refractivity contribution in [2.75, 3.05) is 0 Å². The number of hydrogen-bond donors (Lipinski definition) is 1. The van der Waals surface area contributed by atoms with Gasteiger partial charge in [-0.1, -0.05) is 53.6 Å². The molecule has 0 aliphatic carbocycles. The molecule has 0 spiro atoms. The van der Waals surface area contributed by atoms with Gasteiger partial charge < -0.3 is 9.72 Å². The topological polar surface area (TPSA) is 89.9 Å². The zero-order valence-electron chi connectivity index (χ0n) is 17.3. The second-order valence-corrected chi connectivity index (χ2v) is 7.77. The molecule has 4 aromatic rings. The molecule has 2 aromatic heterocycles. The second-order valence-electron chi connectivity index (χ2n) is 7.41. The van der Waals surface area contributed by atoms with Crippen LogP contribution < -0.4 is 5.56 Å². The summed E-state index contributed by atoms with van der Waals surface area (Å²) in [6.07, 6.45) is -0.777. The number of aromatic amines is 1. The van der Waals surface area contributed by atoms with Crippen LogP contribution >= 0.6 is 11.6 Å². The van der Waals surface area contributed by atoms with Crippen LogP contribution in [-0.2, 0) is 11.3 Å². The number of nitrogens with one attached hydrogen (secondary N) is 1. The highest BCUT2D eigenvalue weighted by Crippen LogP contribution is 2.24. The normalized spacial score (nSPS) is 12.1. The van der Waals surface area contributed by atoms with Crippen LogP contribution in [0.2, 0.25) is 5.15 Å². The largest absolute Gasteiger partial charge is 0.451 e. The smallest absolute Gasteiger partial charge is 0.343 e. The summed E-state index contributed by atoms with van der Waals surface area (Å²) in [6, 6.07) is 15.0. The minimum Gasteiger partial charge on any atom is -0.451 e. The second kappa shape index (κ2) is 8.35. The molecule has 31 heavy (non-hydrogen) atoms. The van der Waals surface area contributed by atoms with Crippen molar-refractivity contribution in [2.24, 2.45) is 0 Å². The molecule has 0 saturated carbocycles. The van der Waals surface area contributed by atoms with Gasteiger partial charge in [0.05, 0.1) is 23.1 Å². The Balaban J connectivity index is 1.56. The average molecular weight is 437 g/mol. The van der Waals surface area contributed by atoms with Crippen molar-refractivity contribution in [3.05, 3.63) is 92.2 Å². The average Bonchev–Trinajstić information content (AvgIpc) is 3.02. The highest BCUT2D eigenvalue weighted by atomic mass is 35.5. The van der Waals surface area contributed by atoms with Gasteiger partial charge in [0.25, 0.3) is 5.56 Å². The lowest BCUT2D eigenvalue weighted by Gasteiger charge is -2.13. The van der Waals surface area contributed by atoms with Crippen molar-refractivity contribution in [3.8, 4) is 0 Å². The molecule has 1 atom stereocenters. The SMILES string of the molecule is Cc1ccc(Cn2nc(C)c(C(=O)OC(C)c3nc4ccccc4c(=O)[nH]3)c2Cl)cc1. The molecule has 0 aliphatic heterocycles. The van der Waals surface area contributed by atoms with Gasteiger partial charge in [0.1, 0.15) is 10.7 Å². The summed E-state index contributed by atoms with van der Waals surface area (Å²) in [5.41, 5.74) is 3.08. The monoisotopic (exact) mass is 436 g/mol.